The normalized spacial score (nSPS) is 13.1. The minimum Gasteiger partial charge on any atom is -0.452 e. The molecule has 1 N–H and O–H groups in total. The topological polar surface area (TPSA) is 73.2 Å². The van der Waals surface area contributed by atoms with E-state index in [4.69, 9.17) is 9.72 Å². The van der Waals surface area contributed by atoms with Gasteiger partial charge in [0.2, 0.25) is 0 Å². The Kier molecular flexibility index (Phi) is 5.64. The molecule has 0 bridgehead atoms. The summed E-state index contributed by atoms with van der Waals surface area (Å²) in [6.07, 6.45) is 3.74. The van der Waals surface area contributed by atoms with E-state index >= 15 is 0 Å². The molecule has 6 rings (SSSR count). The number of fused-ring (bicyclic) bond motifs is 5. The number of aryl methyl sites for hydroxylation is 2. The van der Waals surface area contributed by atoms with E-state index in [0.29, 0.717) is 11.3 Å². The van der Waals surface area contributed by atoms with Crippen LogP contribution in [0.5, 0.6) is 0 Å². The number of pyridine rings is 1. The molecule has 180 valence electrons. The van der Waals surface area contributed by atoms with Crippen LogP contribution in [0.15, 0.2) is 66.7 Å². The average molecular weight is 478 g/mol. The molecule has 0 unspecified atom stereocenters. The zero-order valence-electron chi connectivity index (χ0n) is 20.2. The number of benzene rings is 3. The predicted octanol–water partition coefficient (Wildman–Crippen LogP) is 6.04. The number of esters is 1. The Hall–Kier alpha value is -4.19. The van der Waals surface area contributed by atoms with Gasteiger partial charge in [-0.15, -0.1) is 0 Å². The molecule has 1 aliphatic rings. The molecule has 3 aromatic carbocycles. The number of nitrogens with one attached hydrogen (secondary N) is 1. The predicted molar refractivity (Wildman–Crippen MR) is 142 cm³/mol. The van der Waals surface area contributed by atoms with Gasteiger partial charge in [0.25, 0.3) is 5.91 Å². The van der Waals surface area contributed by atoms with E-state index in [0.717, 1.165) is 70.7 Å². The minimum atomic E-state index is -0.469. The van der Waals surface area contributed by atoms with Gasteiger partial charge in [0, 0.05) is 45.1 Å². The van der Waals surface area contributed by atoms with Gasteiger partial charge in [0.1, 0.15) is 0 Å². The third-order valence-corrected chi connectivity index (χ3v) is 7.08. The number of amides is 1. The van der Waals surface area contributed by atoms with Crippen molar-refractivity contribution in [2.45, 2.75) is 39.2 Å². The molecule has 2 heterocycles. The van der Waals surface area contributed by atoms with Crippen molar-refractivity contribution in [1.29, 1.82) is 0 Å². The van der Waals surface area contributed by atoms with Gasteiger partial charge in [0.05, 0.1) is 11.1 Å². The van der Waals surface area contributed by atoms with Crippen molar-refractivity contribution in [2.75, 3.05) is 11.9 Å². The van der Waals surface area contributed by atoms with Crippen LogP contribution in [0, 0.1) is 0 Å². The van der Waals surface area contributed by atoms with Crippen LogP contribution >= 0.6 is 0 Å². The summed E-state index contributed by atoms with van der Waals surface area (Å²) in [5, 5.41) is 5.90. The number of carbonyl (C=O) groups excluding carboxylic acids is 2. The fraction of sp³-hybridized carbons (Fsp3) is 0.233. The molecule has 1 aliphatic carbocycles. The van der Waals surface area contributed by atoms with E-state index in [-0.39, 0.29) is 12.5 Å². The Labute approximate surface area is 208 Å². The molecule has 36 heavy (non-hydrogen) atoms. The van der Waals surface area contributed by atoms with Crippen LogP contribution in [0.1, 0.15) is 41.4 Å². The van der Waals surface area contributed by atoms with Crippen molar-refractivity contribution in [3.05, 3.63) is 83.6 Å². The number of nitrogens with zero attached hydrogens (tertiary/aromatic N) is 2. The zero-order valence-corrected chi connectivity index (χ0v) is 20.2. The third kappa shape index (κ3) is 3.79. The van der Waals surface area contributed by atoms with Crippen molar-refractivity contribution < 1.29 is 14.3 Å². The molecule has 6 heteroatoms. The van der Waals surface area contributed by atoms with Gasteiger partial charge < -0.3 is 14.6 Å². The summed E-state index contributed by atoms with van der Waals surface area (Å²) in [6, 6.07) is 21.8. The number of aromatic nitrogens is 2. The van der Waals surface area contributed by atoms with E-state index < -0.39 is 5.97 Å². The van der Waals surface area contributed by atoms with Crippen LogP contribution in [0.25, 0.3) is 32.7 Å². The summed E-state index contributed by atoms with van der Waals surface area (Å²) >= 11 is 0. The summed E-state index contributed by atoms with van der Waals surface area (Å²) in [5.41, 5.74) is 6.23. The molecule has 1 amide bonds. The molecular formula is C30H27N3O3. The van der Waals surface area contributed by atoms with Crippen molar-refractivity contribution in [3.63, 3.8) is 0 Å². The van der Waals surface area contributed by atoms with Gasteiger partial charge in [-0.25, -0.2) is 4.79 Å². The SMILES string of the molecule is CCn1c2ccccc2c2cc(NC(=O)COC(=O)c3c4c(nc5ccccc35)CCCC4)ccc21. The number of carbonyl (C=O) groups is 2. The summed E-state index contributed by atoms with van der Waals surface area (Å²) < 4.78 is 7.79. The van der Waals surface area contributed by atoms with Crippen molar-refractivity contribution in [3.8, 4) is 0 Å². The minimum absolute atomic E-state index is 0.348. The lowest BCUT2D eigenvalue weighted by Crippen LogP contribution is -2.22. The number of rotatable bonds is 5. The highest BCUT2D eigenvalue weighted by Gasteiger charge is 2.24. The highest BCUT2D eigenvalue weighted by molar-refractivity contribution is 6.10. The van der Waals surface area contributed by atoms with Crippen LogP contribution in [0.4, 0.5) is 5.69 Å². The number of para-hydroxylation sites is 2. The smallest absolute Gasteiger partial charge is 0.339 e. The Morgan fingerprint density at radius 2 is 1.67 bits per heavy atom. The molecule has 0 saturated carbocycles. The summed E-state index contributed by atoms with van der Waals surface area (Å²) in [6.45, 7) is 2.64. The number of ether oxygens (including phenoxy) is 1. The van der Waals surface area contributed by atoms with E-state index in [2.05, 4.69) is 28.9 Å². The van der Waals surface area contributed by atoms with E-state index in [1.54, 1.807) is 0 Å². The van der Waals surface area contributed by atoms with E-state index in [9.17, 15) is 9.59 Å². The van der Waals surface area contributed by atoms with Crippen molar-refractivity contribution in [1.82, 2.24) is 9.55 Å². The monoisotopic (exact) mass is 477 g/mol. The van der Waals surface area contributed by atoms with Crippen LogP contribution in [0.3, 0.4) is 0 Å². The second-order valence-corrected chi connectivity index (χ2v) is 9.25. The molecule has 0 aliphatic heterocycles. The Morgan fingerprint density at radius 1 is 0.917 bits per heavy atom. The lowest BCUT2D eigenvalue weighted by molar-refractivity contribution is -0.119. The molecule has 0 radical (unpaired) electrons. The number of anilines is 1. The molecule has 2 aromatic heterocycles. The molecule has 5 aromatic rings. The summed E-state index contributed by atoms with van der Waals surface area (Å²) in [7, 11) is 0. The van der Waals surface area contributed by atoms with Gasteiger partial charge >= 0.3 is 5.97 Å². The van der Waals surface area contributed by atoms with E-state index in [1.807, 2.05) is 54.6 Å². The van der Waals surface area contributed by atoms with Crippen LogP contribution in [-0.4, -0.2) is 28.0 Å². The maximum Gasteiger partial charge on any atom is 0.339 e. The Balaban J connectivity index is 1.23. The Bertz CT molecular complexity index is 1650. The standard InChI is InChI=1S/C30H27N3O3/c1-2-33-26-14-8-5-9-20(26)23-17-19(15-16-27(23)33)31-28(34)18-36-30(35)29-21-10-3-6-12-24(21)32-25-13-7-4-11-22(25)29/h3,5-6,8-10,12,14-17H,2,4,7,11,13,18H2,1H3,(H,31,34). The quantitative estimate of drug-likeness (QED) is 0.313. The van der Waals surface area contributed by atoms with Crippen LogP contribution in [-0.2, 0) is 28.9 Å². The lowest BCUT2D eigenvalue weighted by Gasteiger charge is -2.19. The van der Waals surface area contributed by atoms with Gasteiger partial charge in [0.15, 0.2) is 6.61 Å². The molecule has 0 saturated heterocycles. The highest BCUT2D eigenvalue weighted by Crippen LogP contribution is 2.32. The fourth-order valence-corrected chi connectivity index (χ4v) is 5.48. The maximum absolute atomic E-state index is 13.2. The van der Waals surface area contributed by atoms with Crippen molar-refractivity contribution >= 4 is 50.3 Å². The lowest BCUT2D eigenvalue weighted by atomic mass is 9.90. The molecule has 6 nitrogen and oxygen atoms in total. The average Bonchev–Trinajstić information content (AvgIpc) is 3.23. The first-order valence-corrected chi connectivity index (χ1v) is 12.5. The number of hydrogen-bond acceptors (Lipinski definition) is 4. The molecular weight excluding hydrogens is 450 g/mol. The molecule has 0 atom stereocenters. The molecule has 0 spiro atoms. The van der Waals surface area contributed by atoms with Gasteiger partial charge in [-0.1, -0.05) is 36.4 Å². The van der Waals surface area contributed by atoms with Crippen molar-refractivity contribution in [2.24, 2.45) is 0 Å². The fourth-order valence-electron chi connectivity index (χ4n) is 5.48. The first-order valence-electron chi connectivity index (χ1n) is 12.5. The number of hydrogen-bond donors (Lipinski definition) is 1. The summed E-state index contributed by atoms with van der Waals surface area (Å²) in [5.74, 6) is -0.836. The van der Waals surface area contributed by atoms with Crippen LogP contribution in [0.2, 0.25) is 0 Å². The molecule has 0 fully saturated rings. The van der Waals surface area contributed by atoms with Gasteiger partial charge in [-0.05, 0) is 68.5 Å². The zero-order chi connectivity index (χ0) is 24.6. The maximum atomic E-state index is 13.2. The highest BCUT2D eigenvalue weighted by atomic mass is 16.5. The van der Waals surface area contributed by atoms with E-state index in [1.165, 1.54) is 5.52 Å². The Morgan fingerprint density at radius 3 is 2.53 bits per heavy atom. The summed E-state index contributed by atoms with van der Waals surface area (Å²) in [4.78, 5) is 30.7. The van der Waals surface area contributed by atoms with Crippen LogP contribution < -0.4 is 5.32 Å². The second kappa shape index (κ2) is 9.11. The largest absolute Gasteiger partial charge is 0.452 e. The second-order valence-electron chi connectivity index (χ2n) is 9.25. The van der Waals surface area contributed by atoms with Gasteiger partial charge in [-0.2, -0.15) is 0 Å². The first kappa shape index (κ1) is 22.3. The van der Waals surface area contributed by atoms with Gasteiger partial charge in [-0.3, -0.25) is 9.78 Å². The first-order chi connectivity index (χ1) is 17.6. The third-order valence-electron chi connectivity index (χ3n) is 7.08.